The van der Waals surface area contributed by atoms with Gasteiger partial charge in [0.2, 0.25) is 0 Å². The molecule has 0 unspecified atom stereocenters. The number of β-lactam (4-membered cyclic amide) rings is 1. The summed E-state index contributed by atoms with van der Waals surface area (Å²) in [5.74, 6) is -3.11. The molecule has 1 saturated heterocycles. The van der Waals surface area contributed by atoms with Crippen molar-refractivity contribution in [3.05, 3.63) is 28.9 Å². The van der Waals surface area contributed by atoms with Crippen LogP contribution in [0, 0.1) is 0 Å². The average molecular weight is 410 g/mol. The molecule has 1 fully saturated rings. The van der Waals surface area contributed by atoms with Gasteiger partial charge in [0.05, 0.1) is 16.9 Å². The Bertz CT molecular complexity index is 893. The maximum Gasteiger partial charge on any atom is 0.352 e. The van der Waals surface area contributed by atoms with Gasteiger partial charge in [-0.15, -0.1) is 11.8 Å². The molecule has 0 aliphatic carbocycles. The molecule has 12 heteroatoms. The van der Waals surface area contributed by atoms with Crippen LogP contribution >= 0.6 is 23.1 Å². The second-order valence-electron chi connectivity index (χ2n) is 5.56. The van der Waals surface area contributed by atoms with E-state index in [1.807, 2.05) is 0 Å². The van der Waals surface area contributed by atoms with Gasteiger partial charge in [0.25, 0.3) is 11.8 Å². The quantitative estimate of drug-likeness (QED) is 0.372. The summed E-state index contributed by atoms with van der Waals surface area (Å²) in [6, 6.07) is -0.899. The SMILES string of the molecule is Nc1ncc(/C(=C\CC(=O)O)C(=O)N[C@@H]2C(=O)N3C(C(=O)O)=CCS[C@H]23)s1. The van der Waals surface area contributed by atoms with Crippen LogP contribution in [-0.4, -0.2) is 61.0 Å². The number of fused-ring (bicyclic) bond motifs is 1. The minimum atomic E-state index is -1.21. The van der Waals surface area contributed by atoms with Gasteiger partial charge in [-0.05, 0) is 6.08 Å². The van der Waals surface area contributed by atoms with Crippen LogP contribution in [0.5, 0.6) is 0 Å². The minimum Gasteiger partial charge on any atom is -0.481 e. The van der Waals surface area contributed by atoms with Crippen molar-refractivity contribution in [3.63, 3.8) is 0 Å². The van der Waals surface area contributed by atoms with Crippen molar-refractivity contribution in [1.29, 1.82) is 0 Å². The summed E-state index contributed by atoms with van der Waals surface area (Å²) >= 11 is 2.34. The van der Waals surface area contributed by atoms with Crippen molar-refractivity contribution in [2.75, 3.05) is 11.5 Å². The van der Waals surface area contributed by atoms with Crippen molar-refractivity contribution in [2.45, 2.75) is 17.8 Å². The van der Waals surface area contributed by atoms with Crippen LogP contribution in [0.4, 0.5) is 5.13 Å². The zero-order valence-corrected chi connectivity index (χ0v) is 15.2. The lowest BCUT2D eigenvalue weighted by Gasteiger charge is -2.48. The number of carboxylic acids is 2. The Hall–Kier alpha value is -2.86. The predicted molar refractivity (Wildman–Crippen MR) is 97.5 cm³/mol. The summed E-state index contributed by atoms with van der Waals surface area (Å²) in [7, 11) is 0. The first-order valence-electron chi connectivity index (χ1n) is 7.62. The smallest absolute Gasteiger partial charge is 0.352 e. The summed E-state index contributed by atoms with van der Waals surface area (Å²) in [5, 5.41) is 20.3. The van der Waals surface area contributed by atoms with Gasteiger partial charge < -0.3 is 21.3 Å². The highest BCUT2D eigenvalue weighted by Gasteiger charge is 2.52. The molecule has 1 aromatic heterocycles. The number of carbonyl (C=O) groups is 4. The van der Waals surface area contributed by atoms with E-state index in [2.05, 4.69) is 10.3 Å². The molecule has 0 aromatic carbocycles. The number of aromatic nitrogens is 1. The first-order chi connectivity index (χ1) is 12.8. The molecule has 3 heterocycles. The van der Waals surface area contributed by atoms with Crippen LogP contribution in [0.3, 0.4) is 0 Å². The number of rotatable bonds is 6. The molecule has 142 valence electrons. The van der Waals surface area contributed by atoms with E-state index in [1.165, 1.54) is 30.1 Å². The van der Waals surface area contributed by atoms with Gasteiger partial charge in [0.15, 0.2) is 5.13 Å². The Balaban J connectivity index is 1.78. The molecule has 0 bridgehead atoms. The second-order valence-corrected chi connectivity index (χ2v) is 7.77. The van der Waals surface area contributed by atoms with Gasteiger partial charge >= 0.3 is 11.9 Å². The zero-order chi connectivity index (χ0) is 19.7. The van der Waals surface area contributed by atoms with Gasteiger partial charge in [-0.1, -0.05) is 17.4 Å². The maximum absolute atomic E-state index is 12.7. The molecule has 10 nitrogen and oxygen atoms in total. The number of hydrogen-bond donors (Lipinski definition) is 4. The van der Waals surface area contributed by atoms with E-state index in [-0.39, 0.29) is 16.4 Å². The topological polar surface area (TPSA) is 163 Å². The molecule has 5 N–H and O–H groups in total. The molecule has 2 aliphatic heterocycles. The number of thioether (sulfide) groups is 1. The normalized spacial score (nSPS) is 21.8. The fourth-order valence-corrected chi connectivity index (χ4v) is 4.58. The van der Waals surface area contributed by atoms with Crippen LogP contribution in [0.2, 0.25) is 0 Å². The largest absolute Gasteiger partial charge is 0.481 e. The molecule has 0 spiro atoms. The number of nitrogen functional groups attached to an aromatic ring is 1. The van der Waals surface area contributed by atoms with E-state index in [0.29, 0.717) is 10.6 Å². The van der Waals surface area contributed by atoms with E-state index in [1.54, 1.807) is 0 Å². The van der Waals surface area contributed by atoms with Crippen molar-refractivity contribution >= 4 is 57.6 Å². The zero-order valence-electron chi connectivity index (χ0n) is 13.6. The number of amides is 2. The first kappa shape index (κ1) is 18.9. The molecule has 2 amide bonds. The number of nitrogens with one attached hydrogen (secondary N) is 1. The molecule has 1 aromatic rings. The van der Waals surface area contributed by atoms with Crippen molar-refractivity contribution < 1.29 is 29.4 Å². The Labute approximate surface area is 160 Å². The van der Waals surface area contributed by atoms with Crippen LogP contribution in [0.1, 0.15) is 11.3 Å². The Morgan fingerprint density at radius 1 is 1.41 bits per heavy atom. The van der Waals surface area contributed by atoms with Gasteiger partial charge in [0, 0.05) is 11.9 Å². The summed E-state index contributed by atoms with van der Waals surface area (Å²) < 4.78 is 0. The Morgan fingerprint density at radius 2 is 2.15 bits per heavy atom. The number of hydrogen-bond acceptors (Lipinski definition) is 8. The number of nitrogens with two attached hydrogens (primary N) is 1. The van der Waals surface area contributed by atoms with Gasteiger partial charge in [-0.2, -0.15) is 0 Å². The number of thiazole rings is 1. The first-order valence-corrected chi connectivity index (χ1v) is 9.48. The Kier molecular flexibility index (Phi) is 5.19. The summed E-state index contributed by atoms with van der Waals surface area (Å²) in [6.07, 6.45) is 3.62. The minimum absolute atomic E-state index is 0.0488. The molecule has 3 rings (SSSR count). The standard InChI is InChI=1S/C15H14N4O6S2/c16-15-17-5-8(27-15)6(1-2-9(20)21)11(22)18-10-12(23)19-7(14(24)25)3-4-26-13(10)19/h1,3,5,10,13H,2,4H2,(H2,16,17)(H,18,22)(H,20,21)(H,24,25)/b6-1+/t10-,13-/m1/s1. The number of aliphatic carboxylic acids is 2. The molecular weight excluding hydrogens is 396 g/mol. The lowest BCUT2D eigenvalue weighted by atomic mass is 10.0. The van der Waals surface area contributed by atoms with Crippen LogP contribution < -0.4 is 11.1 Å². The van der Waals surface area contributed by atoms with Crippen LogP contribution in [-0.2, 0) is 19.2 Å². The molecule has 2 aliphatic rings. The van der Waals surface area contributed by atoms with E-state index in [4.69, 9.17) is 15.9 Å². The molecule has 0 saturated carbocycles. The summed E-state index contributed by atoms with van der Waals surface area (Å²) in [5.41, 5.74) is 5.51. The lowest BCUT2D eigenvalue weighted by Crippen LogP contribution is -2.70. The number of nitrogens with zero attached hydrogens (tertiary/aromatic N) is 2. The van der Waals surface area contributed by atoms with Crippen LogP contribution in [0.15, 0.2) is 24.0 Å². The highest BCUT2D eigenvalue weighted by molar-refractivity contribution is 8.00. The molecule has 0 radical (unpaired) electrons. The van der Waals surface area contributed by atoms with Gasteiger partial charge in [-0.25, -0.2) is 9.78 Å². The molecular formula is C15H14N4O6S2. The van der Waals surface area contributed by atoms with E-state index < -0.39 is 41.6 Å². The third-order valence-electron chi connectivity index (χ3n) is 3.87. The molecule has 2 atom stereocenters. The molecule has 27 heavy (non-hydrogen) atoms. The third kappa shape index (κ3) is 3.66. The van der Waals surface area contributed by atoms with Crippen LogP contribution in [0.25, 0.3) is 5.57 Å². The summed E-state index contributed by atoms with van der Waals surface area (Å²) in [4.78, 5) is 52.4. The lowest BCUT2D eigenvalue weighted by molar-refractivity contribution is -0.150. The number of carbonyl (C=O) groups excluding carboxylic acids is 2. The van der Waals surface area contributed by atoms with E-state index >= 15 is 0 Å². The highest BCUT2D eigenvalue weighted by Crippen LogP contribution is 2.37. The fraction of sp³-hybridized carbons (Fsp3) is 0.267. The van der Waals surface area contributed by atoms with E-state index in [9.17, 15) is 19.2 Å². The monoisotopic (exact) mass is 410 g/mol. The number of carboxylic acid groups (broad SMARTS) is 2. The third-order valence-corrected chi connectivity index (χ3v) is 5.91. The van der Waals surface area contributed by atoms with Gasteiger partial charge in [0.1, 0.15) is 17.1 Å². The highest BCUT2D eigenvalue weighted by atomic mass is 32.2. The second kappa shape index (κ2) is 7.40. The fourth-order valence-electron chi connectivity index (χ4n) is 2.66. The maximum atomic E-state index is 12.7. The Morgan fingerprint density at radius 3 is 2.74 bits per heavy atom. The predicted octanol–water partition coefficient (Wildman–Crippen LogP) is -0.0482. The summed E-state index contributed by atoms with van der Waals surface area (Å²) in [6.45, 7) is 0. The number of anilines is 1. The van der Waals surface area contributed by atoms with Crippen molar-refractivity contribution in [3.8, 4) is 0 Å². The average Bonchev–Trinajstić information content (AvgIpc) is 3.04. The van der Waals surface area contributed by atoms with Crippen molar-refractivity contribution in [2.24, 2.45) is 0 Å². The van der Waals surface area contributed by atoms with Gasteiger partial charge in [-0.3, -0.25) is 19.3 Å². The van der Waals surface area contributed by atoms with E-state index in [0.717, 1.165) is 16.2 Å². The van der Waals surface area contributed by atoms with Crippen molar-refractivity contribution in [1.82, 2.24) is 15.2 Å².